The topological polar surface area (TPSA) is 320 Å². The summed E-state index contributed by atoms with van der Waals surface area (Å²) in [5, 5.41) is 49.0. The first-order valence-corrected chi connectivity index (χ1v) is 52.2. The highest BCUT2D eigenvalue weighted by Crippen LogP contribution is 2.47. The molecule has 139 heavy (non-hydrogen) atoms. The number of nitrogens with zero attached hydrogens (tertiary/aromatic N) is 3. The molecule has 0 bridgehead atoms. The van der Waals surface area contributed by atoms with Crippen molar-refractivity contribution < 1.29 is 133 Å². The summed E-state index contributed by atoms with van der Waals surface area (Å²) < 4.78 is 324. The van der Waals surface area contributed by atoms with Gasteiger partial charge in [-0.25, -0.2) is 42.1 Å². The van der Waals surface area contributed by atoms with Crippen LogP contribution in [0, 0.1) is 0 Å². The van der Waals surface area contributed by atoms with Crippen LogP contribution in [0.4, 0.5) is 94.3 Å². The maximum Gasteiger partial charge on any atom is 0.421 e. The van der Waals surface area contributed by atoms with Crippen molar-refractivity contribution in [3.8, 4) is 0 Å². The Bertz CT molecular complexity index is 6110. The minimum atomic E-state index is -4.88. The van der Waals surface area contributed by atoms with E-state index in [2.05, 4.69) is 41.2 Å². The molecule has 768 valence electrons. The number of benzene rings is 10. The molecule has 0 radical (unpaired) electrons. The average molecular weight is 2400 g/mol. The van der Waals surface area contributed by atoms with Crippen LogP contribution in [0.2, 0.25) is 50.2 Å². The van der Waals surface area contributed by atoms with Crippen molar-refractivity contribution in [2.24, 2.45) is 0 Å². The van der Waals surface area contributed by atoms with Crippen LogP contribution in [0.3, 0.4) is 0 Å². The van der Waals surface area contributed by atoms with Crippen LogP contribution in [0.15, 0.2) is 237 Å². The molecule has 0 aliphatic rings. The number of nitrogens with one attached hydrogen (secondary N) is 1. The van der Waals surface area contributed by atoms with E-state index in [1.807, 2.05) is 0 Å². The van der Waals surface area contributed by atoms with Gasteiger partial charge in [-0.05, 0) is 256 Å². The molecule has 0 spiro atoms. The van der Waals surface area contributed by atoms with Crippen LogP contribution in [-0.2, 0) is 77.1 Å². The summed E-state index contributed by atoms with van der Waals surface area (Å²) in [6, 6.07) is 40.7. The maximum absolute atomic E-state index is 13.1. The molecule has 0 aliphatic heterocycles. The fraction of sp³-hybridized carbons (Fsp3) is 0.310. The summed E-state index contributed by atoms with van der Waals surface area (Å²) in [5.74, 6) is 0. The van der Waals surface area contributed by atoms with Gasteiger partial charge in [0.05, 0.1) is 42.2 Å². The zero-order valence-electron chi connectivity index (χ0n) is 74.0. The lowest BCUT2D eigenvalue weighted by Crippen LogP contribution is -2.39. The highest BCUT2D eigenvalue weighted by molar-refractivity contribution is 14.1. The molecule has 0 heterocycles. The van der Waals surface area contributed by atoms with Crippen LogP contribution >= 0.6 is 149 Å². The zero-order chi connectivity index (χ0) is 107. The Morgan fingerprint density at radius 1 is 0.295 bits per heavy atom. The molecule has 20 nitrogen and oxygen atoms in total. The Labute approximate surface area is 861 Å². The third kappa shape index (κ3) is 32.6. The number of halogens is 27. The Morgan fingerprint density at radius 3 is 0.655 bits per heavy atom. The van der Waals surface area contributed by atoms with Crippen LogP contribution < -0.4 is 23.4 Å². The van der Waals surface area contributed by atoms with Crippen molar-refractivity contribution in [3.05, 3.63) is 290 Å². The molecule has 0 saturated heterocycles. The lowest BCUT2D eigenvalue weighted by atomic mass is 9.95. The number of hydrogen-bond donors (Lipinski definition) is 7. The summed E-state index contributed by atoms with van der Waals surface area (Å²) in [5.41, 5.74) is -10.9. The van der Waals surface area contributed by atoms with Crippen molar-refractivity contribution in [2.45, 2.75) is 195 Å². The van der Waals surface area contributed by atoms with E-state index in [-0.39, 0.29) is 103 Å². The van der Waals surface area contributed by atoms with Gasteiger partial charge in [-0.15, -0.1) is 0 Å². The van der Waals surface area contributed by atoms with E-state index in [0.29, 0.717) is 40.3 Å². The number of alkyl halides is 16. The number of nitrogens with two attached hydrogens (primary N) is 1. The Hall–Kier alpha value is -6.38. The van der Waals surface area contributed by atoms with E-state index in [4.69, 9.17) is 132 Å². The van der Waals surface area contributed by atoms with Gasteiger partial charge in [0.25, 0.3) is 49.1 Å². The van der Waals surface area contributed by atoms with Gasteiger partial charge < -0.3 is 31.3 Å². The number of rotatable bonds is 21. The lowest BCUT2D eigenvalue weighted by molar-refractivity contribution is -0.259. The van der Waals surface area contributed by atoms with E-state index < -0.39 is 148 Å². The number of hydrogen-bond acceptors (Lipinski definition) is 16. The summed E-state index contributed by atoms with van der Waals surface area (Å²) in [6.07, 6.45) is -24.2. The second kappa shape index (κ2) is 48.3. The Balaban J connectivity index is 0.000000352. The summed E-state index contributed by atoms with van der Waals surface area (Å²) >= 11 is 60.8. The summed E-state index contributed by atoms with van der Waals surface area (Å²) in [7, 11) is -15.3. The number of aliphatic hydroxyl groups is 5. The molecule has 3 unspecified atom stereocenters. The van der Waals surface area contributed by atoms with Gasteiger partial charge in [0.15, 0.2) is 28.0 Å². The third-order valence-corrected chi connectivity index (χ3v) is 31.3. The van der Waals surface area contributed by atoms with Gasteiger partial charge in [0, 0.05) is 69.2 Å². The zero-order valence-corrected chi connectivity index (χ0v) is 88.6. The van der Waals surface area contributed by atoms with Crippen LogP contribution in [0.1, 0.15) is 118 Å². The van der Waals surface area contributed by atoms with E-state index in [1.54, 1.807) is 41.5 Å². The highest BCUT2D eigenvalue weighted by atomic mass is 127. The molecule has 0 aliphatic carbocycles. The first kappa shape index (κ1) is 125. The van der Waals surface area contributed by atoms with Gasteiger partial charge in [-0.2, -0.15) is 65.9 Å². The first-order valence-electron chi connectivity index (χ1n) is 39.1. The molecule has 0 fully saturated rings. The van der Waals surface area contributed by atoms with E-state index in [0.717, 1.165) is 95.7 Å². The predicted octanol–water partition coefficient (Wildman–Crippen LogP) is 27.5. The van der Waals surface area contributed by atoms with E-state index in [9.17, 15) is 133 Å². The number of anilines is 5. The molecule has 8 N–H and O–H groups in total. The van der Waals surface area contributed by atoms with E-state index >= 15 is 0 Å². The van der Waals surface area contributed by atoms with Crippen LogP contribution in [0.5, 0.6) is 0 Å². The van der Waals surface area contributed by atoms with Crippen LogP contribution in [-0.4, -0.2) is 121 Å². The molecule has 5 atom stereocenters. The molecule has 10 aromatic carbocycles. The minimum absolute atomic E-state index is 0.00207. The molecule has 0 saturated carbocycles. The van der Waals surface area contributed by atoms with E-state index in [1.165, 1.54) is 133 Å². The summed E-state index contributed by atoms with van der Waals surface area (Å²) in [4.78, 5) is -1.10. The quantitative estimate of drug-likeness (QED) is 0.0116. The van der Waals surface area contributed by atoms with Crippen molar-refractivity contribution in [3.63, 3.8) is 0 Å². The van der Waals surface area contributed by atoms with Gasteiger partial charge >= 0.3 is 30.9 Å². The molecule has 0 aromatic heterocycles. The maximum atomic E-state index is 13.1. The van der Waals surface area contributed by atoms with Gasteiger partial charge in [-0.3, -0.25) is 17.6 Å². The average Bonchev–Trinajstić information content (AvgIpc) is 0.759. The van der Waals surface area contributed by atoms with Crippen molar-refractivity contribution >= 4 is 227 Å². The standard InChI is InChI=1S/3C18H18Cl2F3NO3S.C15H12Cl2F3NO3S.C9H10F3NO.C6H3Cl3O2S.C3H7I/c3*1-11(2)24(28(26,27)16-10-13(19)6-9-15(16)20)14-7-4-12(5-8-14)17(3,25)18(21,22)23;1-14(22,15(18,19)20)9-2-5-11(6-3-9)21-25(23,24)13-8-10(16)4-7-12(13)17;1-8(14,9(10,11)12)6-2-4-7(13)5-3-6;7-4-1-2-5(8)6(3-4)12(9,10)11;1-3(2)4/h3*4-11,25H,1-3H3;2-8,21-22H,1H3;2-5,14H,13H2,1H3;1-3H;3H,1-2H3/t2*17-;;;;;/m10...../s1. The SMILES string of the molecule is CC(C)I.CC(C)N(c1ccc(C(C)(O)C(F)(F)F)cc1)S(=O)(=O)c1cc(Cl)ccc1Cl.CC(C)N(c1ccc([C@@](C)(O)C(F)(F)F)cc1)S(=O)(=O)c1cc(Cl)ccc1Cl.CC(C)N(c1ccc([C@](C)(O)C(F)(F)F)cc1)S(=O)(=O)c1cc(Cl)ccc1Cl.CC(O)(c1ccc(N)cc1)C(F)(F)F.CC(O)(c1ccc(NS(=O)(=O)c2cc(Cl)ccc2Cl)cc1)C(F)(F)F.O=S(=O)(Cl)c1cc(Cl)ccc1Cl. The molecule has 10 rings (SSSR count). The number of nitrogen functional groups attached to an aromatic ring is 1. The molecule has 0 amide bonds. The highest BCUT2D eigenvalue weighted by Gasteiger charge is 2.55. The monoisotopic (exact) mass is 2400 g/mol. The molecular weight excluding hydrogens is 2320 g/mol. The largest absolute Gasteiger partial charge is 0.421 e. The van der Waals surface area contributed by atoms with Crippen molar-refractivity contribution in [1.82, 2.24) is 0 Å². The van der Waals surface area contributed by atoms with Crippen LogP contribution in [0.25, 0.3) is 0 Å². The smallest absolute Gasteiger partial charge is 0.399 e. The third-order valence-electron chi connectivity index (χ3n) is 19.0. The Kier molecular flexibility index (Phi) is 43.4. The first-order chi connectivity index (χ1) is 62.8. The van der Waals surface area contributed by atoms with Gasteiger partial charge in [0.2, 0.25) is 0 Å². The van der Waals surface area contributed by atoms with Crippen molar-refractivity contribution in [1.29, 1.82) is 0 Å². The summed E-state index contributed by atoms with van der Waals surface area (Å²) in [6.45, 7) is 17.2. The normalized spacial score (nSPS) is 14.5. The number of sulfonamides is 4. The molecule has 52 heteroatoms. The fourth-order valence-corrected chi connectivity index (χ4v) is 22.1. The van der Waals surface area contributed by atoms with Crippen molar-refractivity contribution in [2.75, 3.05) is 23.4 Å². The van der Waals surface area contributed by atoms with Gasteiger partial charge in [0.1, 0.15) is 24.5 Å². The predicted molar refractivity (Wildman–Crippen MR) is 524 cm³/mol. The minimum Gasteiger partial charge on any atom is -0.399 e. The second-order valence-corrected chi connectivity index (χ2v) is 47.5. The Morgan fingerprint density at radius 2 is 0.468 bits per heavy atom. The lowest BCUT2D eigenvalue weighted by Gasteiger charge is -2.30. The van der Waals surface area contributed by atoms with Gasteiger partial charge in [-0.1, -0.05) is 213 Å². The fourth-order valence-electron chi connectivity index (χ4n) is 11.3. The molecular formula is C87H86Cl11F15IN5O15S5. The molecule has 10 aromatic rings. The second-order valence-electron chi connectivity index (χ2n) is 31.3.